The lowest BCUT2D eigenvalue weighted by molar-refractivity contribution is -0.00525. The van der Waals surface area contributed by atoms with Gasteiger partial charge in [-0.2, -0.15) is 0 Å². The van der Waals surface area contributed by atoms with Crippen molar-refractivity contribution >= 4 is 21.6 Å². The summed E-state index contributed by atoms with van der Waals surface area (Å²) in [6.07, 6.45) is 0.430. The molecule has 1 aliphatic rings. The van der Waals surface area contributed by atoms with Gasteiger partial charge >= 0.3 is 0 Å². The number of rotatable bonds is 2. The predicted octanol–water partition coefficient (Wildman–Crippen LogP) is 3.33. The van der Waals surface area contributed by atoms with Gasteiger partial charge in [0.05, 0.1) is 12.2 Å². The number of alkyl halides is 1. The second-order valence-corrected chi connectivity index (χ2v) is 5.13. The normalized spacial score (nSPS) is 25.1. The van der Waals surface area contributed by atoms with Gasteiger partial charge in [-0.25, -0.2) is 4.39 Å². The maximum Gasteiger partial charge on any atom is 0.123 e. The Morgan fingerprint density at radius 3 is 2.59 bits per heavy atom. The van der Waals surface area contributed by atoms with E-state index in [1.54, 1.807) is 6.07 Å². The molecule has 2 nitrogen and oxygen atoms in total. The van der Waals surface area contributed by atoms with Crippen LogP contribution in [-0.4, -0.2) is 25.3 Å². The topological polar surface area (TPSA) is 12.5 Å². The van der Waals surface area contributed by atoms with E-state index in [-0.39, 0.29) is 18.0 Å². The van der Waals surface area contributed by atoms with Crippen LogP contribution in [0.25, 0.3) is 0 Å². The zero-order valence-corrected chi connectivity index (χ0v) is 11.7. The first-order chi connectivity index (χ1) is 8.10. The number of benzene rings is 1. The molecular formula is C13H17BrFNO. The van der Waals surface area contributed by atoms with Gasteiger partial charge in [-0.1, -0.05) is 15.9 Å². The molecule has 0 N–H and O–H groups in total. The standard InChI is InChI=1S/C13H17BrFNO/c1-9-7-16(8-10(2)17-9)13-4-3-12(15)5-11(13)6-14/h3-5,9-10H,6-8H2,1-2H3. The van der Waals surface area contributed by atoms with Crippen molar-refractivity contribution in [1.82, 2.24) is 0 Å². The van der Waals surface area contributed by atoms with E-state index in [4.69, 9.17) is 4.74 Å². The summed E-state index contributed by atoms with van der Waals surface area (Å²) in [4.78, 5) is 2.27. The Morgan fingerprint density at radius 1 is 1.35 bits per heavy atom. The summed E-state index contributed by atoms with van der Waals surface area (Å²) < 4.78 is 18.9. The molecule has 1 heterocycles. The third-order valence-corrected chi connectivity index (χ3v) is 3.55. The second-order valence-electron chi connectivity index (χ2n) is 4.57. The Balaban J connectivity index is 2.26. The number of nitrogens with zero attached hydrogens (tertiary/aromatic N) is 1. The molecule has 0 bridgehead atoms. The van der Waals surface area contributed by atoms with Gasteiger partial charge in [-0.15, -0.1) is 0 Å². The summed E-state index contributed by atoms with van der Waals surface area (Å²) in [5.41, 5.74) is 2.09. The van der Waals surface area contributed by atoms with Crippen molar-refractivity contribution in [2.75, 3.05) is 18.0 Å². The minimum Gasteiger partial charge on any atom is -0.372 e. The van der Waals surface area contributed by atoms with Crippen LogP contribution >= 0.6 is 15.9 Å². The number of halogens is 2. The van der Waals surface area contributed by atoms with Crippen LogP contribution in [0, 0.1) is 5.82 Å². The number of morpholine rings is 1. The molecule has 2 rings (SSSR count). The highest BCUT2D eigenvalue weighted by atomic mass is 79.9. The molecule has 0 radical (unpaired) electrons. The molecule has 1 aliphatic heterocycles. The van der Waals surface area contributed by atoms with Crippen LogP contribution in [0.4, 0.5) is 10.1 Å². The van der Waals surface area contributed by atoms with E-state index in [1.165, 1.54) is 6.07 Å². The SMILES string of the molecule is CC1CN(c2ccc(F)cc2CBr)CC(C)O1. The molecule has 1 fully saturated rings. The van der Waals surface area contributed by atoms with Crippen LogP contribution in [0.2, 0.25) is 0 Å². The minimum absolute atomic E-state index is 0.183. The first kappa shape index (κ1) is 12.8. The Kier molecular flexibility index (Phi) is 4.05. The molecule has 0 aromatic heterocycles. The molecule has 2 unspecified atom stereocenters. The second kappa shape index (κ2) is 5.36. The van der Waals surface area contributed by atoms with Gasteiger partial charge < -0.3 is 9.64 Å². The van der Waals surface area contributed by atoms with Crippen molar-refractivity contribution in [2.24, 2.45) is 0 Å². The number of hydrogen-bond acceptors (Lipinski definition) is 2. The fraction of sp³-hybridized carbons (Fsp3) is 0.538. The smallest absolute Gasteiger partial charge is 0.123 e. The average molecular weight is 302 g/mol. The van der Waals surface area contributed by atoms with E-state index in [2.05, 4.69) is 34.7 Å². The quantitative estimate of drug-likeness (QED) is 0.777. The van der Waals surface area contributed by atoms with E-state index >= 15 is 0 Å². The Labute approximate surface area is 110 Å². The number of ether oxygens (including phenoxy) is 1. The molecule has 0 saturated carbocycles. The van der Waals surface area contributed by atoms with Crippen LogP contribution in [-0.2, 0) is 10.1 Å². The first-order valence-corrected chi connectivity index (χ1v) is 6.97. The molecule has 94 valence electrons. The maximum absolute atomic E-state index is 13.2. The van der Waals surface area contributed by atoms with Crippen molar-refractivity contribution in [3.63, 3.8) is 0 Å². The average Bonchev–Trinajstić information content (AvgIpc) is 2.27. The van der Waals surface area contributed by atoms with Gasteiger partial charge in [0.2, 0.25) is 0 Å². The Morgan fingerprint density at radius 2 is 2.00 bits per heavy atom. The van der Waals surface area contributed by atoms with E-state index < -0.39 is 0 Å². The third kappa shape index (κ3) is 2.99. The zero-order chi connectivity index (χ0) is 12.4. The molecule has 2 atom stereocenters. The lowest BCUT2D eigenvalue weighted by Gasteiger charge is -2.37. The minimum atomic E-state index is -0.183. The fourth-order valence-electron chi connectivity index (χ4n) is 2.34. The molecule has 0 spiro atoms. The van der Waals surface area contributed by atoms with Crippen LogP contribution in [0.1, 0.15) is 19.4 Å². The lowest BCUT2D eigenvalue weighted by Crippen LogP contribution is -2.45. The summed E-state index contributed by atoms with van der Waals surface area (Å²) in [5, 5.41) is 0.667. The van der Waals surface area contributed by atoms with Gasteiger partial charge in [0.25, 0.3) is 0 Å². The van der Waals surface area contributed by atoms with Crippen molar-refractivity contribution in [3.8, 4) is 0 Å². The van der Waals surface area contributed by atoms with Gasteiger partial charge in [-0.3, -0.25) is 0 Å². The lowest BCUT2D eigenvalue weighted by atomic mass is 10.1. The van der Waals surface area contributed by atoms with Crippen molar-refractivity contribution in [2.45, 2.75) is 31.4 Å². The molecular weight excluding hydrogens is 285 g/mol. The molecule has 0 aliphatic carbocycles. The van der Waals surface area contributed by atoms with Gasteiger partial charge in [0.15, 0.2) is 0 Å². The monoisotopic (exact) mass is 301 g/mol. The maximum atomic E-state index is 13.2. The highest BCUT2D eigenvalue weighted by Gasteiger charge is 2.23. The van der Waals surface area contributed by atoms with E-state index in [1.807, 2.05) is 6.07 Å². The van der Waals surface area contributed by atoms with Crippen LogP contribution in [0.5, 0.6) is 0 Å². The molecule has 17 heavy (non-hydrogen) atoms. The molecule has 1 aromatic rings. The number of anilines is 1. The fourth-order valence-corrected chi connectivity index (χ4v) is 2.79. The molecule has 4 heteroatoms. The highest BCUT2D eigenvalue weighted by molar-refractivity contribution is 9.08. The highest BCUT2D eigenvalue weighted by Crippen LogP contribution is 2.26. The summed E-state index contributed by atoms with van der Waals surface area (Å²) >= 11 is 3.41. The van der Waals surface area contributed by atoms with E-state index in [9.17, 15) is 4.39 Å². The summed E-state index contributed by atoms with van der Waals surface area (Å²) in [5.74, 6) is -0.183. The summed E-state index contributed by atoms with van der Waals surface area (Å²) in [6.45, 7) is 5.85. The predicted molar refractivity (Wildman–Crippen MR) is 71.3 cm³/mol. The zero-order valence-electron chi connectivity index (χ0n) is 10.1. The van der Waals surface area contributed by atoms with Gasteiger partial charge in [0, 0.05) is 24.1 Å². The Bertz CT molecular complexity index is 389. The molecule has 1 saturated heterocycles. The van der Waals surface area contributed by atoms with Crippen LogP contribution in [0.15, 0.2) is 18.2 Å². The van der Waals surface area contributed by atoms with Crippen LogP contribution < -0.4 is 4.90 Å². The Hall–Kier alpha value is -0.610. The van der Waals surface area contributed by atoms with Gasteiger partial charge in [-0.05, 0) is 37.6 Å². The van der Waals surface area contributed by atoms with Gasteiger partial charge in [0.1, 0.15) is 5.82 Å². The van der Waals surface area contributed by atoms with Crippen molar-refractivity contribution in [3.05, 3.63) is 29.6 Å². The molecule has 1 aromatic carbocycles. The van der Waals surface area contributed by atoms with Crippen LogP contribution in [0.3, 0.4) is 0 Å². The van der Waals surface area contributed by atoms with E-state index in [0.29, 0.717) is 5.33 Å². The summed E-state index contributed by atoms with van der Waals surface area (Å²) in [7, 11) is 0. The van der Waals surface area contributed by atoms with E-state index in [0.717, 1.165) is 24.3 Å². The summed E-state index contributed by atoms with van der Waals surface area (Å²) in [6, 6.07) is 4.97. The third-order valence-electron chi connectivity index (χ3n) is 2.95. The van der Waals surface area contributed by atoms with Crippen molar-refractivity contribution in [1.29, 1.82) is 0 Å². The largest absolute Gasteiger partial charge is 0.372 e. The number of hydrogen-bond donors (Lipinski definition) is 0. The first-order valence-electron chi connectivity index (χ1n) is 5.85. The van der Waals surface area contributed by atoms with Crippen molar-refractivity contribution < 1.29 is 9.13 Å². The molecule has 0 amide bonds.